The van der Waals surface area contributed by atoms with E-state index in [2.05, 4.69) is 95.3 Å². The number of hydrogen-bond acceptors (Lipinski definition) is 2. The second-order valence-corrected chi connectivity index (χ2v) is 10.8. The molecular weight excluding hydrogens is 517 g/mol. The zero-order valence-corrected chi connectivity index (χ0v) is 27.4. The molecule has 3 aromatic heterocycles. The van der Waals surface area contributed by atoms with Gasteiger partial charge in [-0.05, 0) is 110 Å². The van der Waals surface area contributed by atoms with Crippen LogP contribution in [0.2, 0.25) is 0 Å². The molecule has 8 bridgehead atoms. The van der Waals surface area contributed by atoms with E-state index in [1.807, 2.05) is 0 Å². The Morgan fingerprint density at radius 2 is 1.20 bits per heavy atom. The van der Waals surface area contributed by atoms with Gasteiger partial charge in [0.15, 0.2) is 0 Å². The molecule has 5 heteroatoms. The Hall–Kier alpha value is -3.18. The maximum atomic E-state index is 5.61. The van der Waals surface area contributed by atoms with Crippen LogP contribution in [-0.2, 0) is 38.6 Å². The summed E-state index contributed by atoms with van der Waals surface area (Å²) in [6, 6.07) is 6.80. The van der Waals surface area contributed by atoms with Gasteiger partial charge < -0.3 is 9.55 Å². The Kier molecular flexibility index (Phi) is 9.58. The molecule has 4 radical (unpaired) electrons. The zero-order valence-electron chi connectivity index (χ0n) is 26.4. The lowest BCUT2D eigenvalue weighted by Crippen LogP contribution is -2.00. The normalized spacial score (nSPS) is 12.8. The van der Waals surface area contributed by atoms with Crippen molar-refractivity contribution in [1.82, 2.24) is 19.5 Å². The highest BCUT2D eigenvalue weighted by atomic mass is 28.1. The first kappa shape index (κ1) is 30.8. The summed E-state index contributed by atoms with van der Waals surface area (Å²) in [5.41, 5.74) is 19.3. The van der Waals surface area contributed by atoms with Gasteiger partial charge in [-0.2, -0.15) is 0 Å². The Balaban J connectivity index is 0.00000387. The van der Waals surface area contributed by atoms with Gasteiger partial charge in [0.05, 0.1) is 28.3 Å². The Morgan fingerprint density at radius 3 is 1.73 bits per heavy atom. The molecule has 5 heterocycles. The summed E-state index contributed by atoms with van der Waals surface area (Å²) in [6.45, 7) is 19.2. The second-order valence-electron chi connectivity index (χ2n) is 10.8. The van der Waals surface area contributed by atoms with E-state index in [4.69, 9.17) is 9.97 Å². The molecule has 2 aliphatic rings. The first-order valence-electron chi connectivity index (χ1n) is 15.7. The summed E-state index contributed by atoms with van der Waals surface area (Å²) in [6.07, 6.45) is 11.2. The van der Waals surface area contributed by atoms with Crippen molar-refractivity contribution in [2.24, 2.45) is 0 Å². The minimum atomic E-state index is 0. The number of aromatic amines is 1. The smallest absolute Gasteiger partial charge is 0.0725 e. The standard InChI is InChI=1S/C36H46N4.Si/c1-9-22-19-25-20-23-17-18-24(37-23)21-32-26(10-2)29(13-5)36(40(32)16-8)31(15-7)35-28(12-4)27(11-3)34(39-35)30(14-6)33(22)38-25;/h17-21,38H,9-16H2,1-8H3;. The second kappa shape index (κ2) is 12.8. The molecule has 214 valence electrons. The van der Waals surface area contributed by atoms with Gasteiger partial charge >= 0.3 is 0 Å². The summed E-state index contributed by atoms with van der Waals surface area (Å²) in [5.74, 6) is 0. The van der Waals surface area contributed by atoms with Gasteiger partial charge in [0.25, 0.3) is 0 Å². The van der Waals surface area contributed by atoms with Crippen LogP contribution in [-0.4, -0.2) is 30.5 Å². The molecule has 3 aromatic rings. The van der Waals surface area contributed by atoms with Gasteiger partial charge in [0.2, 0.25) is 0 Å². The molecular formula is C36H46N4Si. The van der Waals surface area contributed by atoms with Crippen LogP contribution in [0.4, 0.5) is 0 Å². The van der Waals surface area contributed by atoms with E-state index < -0.39 is 0 Å². The molecule has 2 aliphatic heterocycles. The number of nitrogens with one attached hydrogen (secondary N) is 1. The van der Waals surface area contributed by atoms with Gasteiger partial charge in [-0.15, -0.1) is 0 Å². The highest BCUT2D eigenvalue weighted by molar-refractivity contribution is 5.96. The number of fused-ring (bicyclic) bond motifs is 8. The molecule has 0 atom stereocenters. The van der Waals surface area contributed by atoms with E-state index in [0.717, 1.165) is 68.4 Å². The minimum absolute atomic E-state index is 0. The quantitative estimate of drug-likeness (QED) is 0.218. The van der Waals surface area contributed by atoms with Crippen molar-refractivity contribution in [1.29, 1.82) is 0 Å². The van der Waals surface area contributed by atoms with Crippen LogP contribution in [0.3, 0.4) is 0 Å². The van der Waals surface area contributed by atoms with Crippen molar-refractivity contribution in [3.8, 4) is 0 Å². The number of rotatable bonds is 8. The third-order valence-electron chi connectivity index (χ3n) is 8.85. The molecule has 5 rings (SSSR count). The van der Waals surface area contributed by atoms with Gasteiger partial charge in [-0.1, -0.05) is 48.5 Å². The monoisotopic (exact) mass is 562 g/mol. The van der Waals surface area contributed by atoms with Gasteiger partial charge in [-0.3, -0.25) is 0 Å². The topological polar surface area (TPSA) is 46.5 Å². The minimum Gasteiger partial charge on any atom is -0.355 e. The molecule has 0 saturated heterocycles. The molecule has 0 fully saturated rings. The SMILES string of the molecule is CCC1=C(CC)c2nc1c(CC)c1[nH]c(cc3nc(cc4c(CC)c(CC)c(c2CC)n4CC)C=C3)cc1CC.[Si]. The highest BCUT2D eigenvalue weighted by Gasteiger charge is 2.26. The number of allylic oxidation sites excluding steroid dienone is 2. The number of aryl methyl sites for hydroxylation is 6. The van der Waals surface area contributed by atoms with Crippen molar-refractivity contribution in [2.75, 3.05) is 0 Å². The highest BCUT2D eigenvalue weighted by Crippen LogP contribution is 2.41. The number of hydrogen-bond donors (Lipinski definition) is 1. The van der Waals surface area contributed by atoms with E-state index in [-0.39, 0.29) is 11.0 Å². The predicted octanol–water partition coefficient (Wildman–Crippen LogP) is 9.14. The molecule has 0 aliphatic carbocycles. The molecule has 0 saturated carbocycles. The van der Waals surface area contributed by atoms with Crippen molar-refractivity contribution in [3.63, 3.8) is 0 Å². The lowest BCUT2D eigenvalue weighted by atomic mass is 9.93. The van der Waals surface area contributed by atoms with Crippen LogP contribution in [0.15, 0.2) is 18.2 Å². The summed E-state index contributed by atoms with van der Waals surface area (Å²) in [5, 5.41) is 0. The Bertz CT molecular complexity index is 1680. The van der Waals surface area contributed by atoms with E-state index in [1.54, 1.807) is 0 Å². The molecule has 4 nitrogen and oxygen atoms in total. The Morgan fingerprint density at radius 1 is 0.610 bits per heavy atom. The average molecular weight is 563 g/mol. The lowest BCUT2D eigenvalue weighted by molar-refractivity contribution is 0.815. The largest absolute Gasteiger partial charge is 0.355 e. The van der Waals surface area contributed by atoms with Crippen molar-refractivity contribution < 1.29 is 0 Å². The molecule has 0 amide bonds. The number of aromatic nitrogens is 4. The van der Waals surface area contributed by atoms with Crippen LogP contribution in [0, 0.1) is 0 Å². The van der Waals surface area contributed by atoms with Gasteiger partial charge in [0, 0.05) is 45.2 Å². The maximum absolute atomic E-state index is 5.61. The van der Waals surface area contributed by atoms with E-state index in [0.29, 0.717) is 0 Å². The molecule has 0 aromatic carbocycles. The lowest BCUT2D eigenvalue weighted by Gasteiger charge is -2.11. The van der Waals surface area contributed by atoms with Crippen molar-refractivity contribution in [2.45, 2.75) is 107 Å². The van der Waals surface area contributed by atoms with Crippen LogP contribution in [0.1, 0.15) is 119 Å². The van der Waals surface area contributed by atoms with E-state index in [9.17, 15) is 0 Å². The fourth-order valence-corrected chi connectivity index (χ4v) is 7.06. The van der Waals surface area contributed by atoms with E-state index >= 15 is 0 Å². The fourth-order valence-electron chi connectivity index (χ4n) is 7.06. The van der Waals surface area contributed by atoms with Gasteiger partial charge in [0.1, 0.15) is 0 Å². The summed E-state index contributed by atoms with van der Waals surface area (Å²) < 4.78 is 2.55. The molecule has 1 N–H and O–H groups in total. The fraction of sp³-hybridized carbons (Fsp3) is 0.444. The third-order valence-corrected chi connectivity index (χ3v) is 8.85. The molecule has 0 spiro atoms. The molecule has 0 unspecified atom stereocenters. The summed E-state index contributed by atoms with van der Waals surface area (Å²) >= 11 is 0. The first-order valence-corrected chi connectivity index (χ1v) is 15.7. The van der Waals surface area contributed by atoms with Crippen molar-refractivity contribution in [3.05, 3.63) is 68.8 Å². The zero-order chi connectivity index (χ0) is 28.6. The van der Waals surface area contributed by atoms with Crippen LogP contribution < -0.4 is 0 Å². The third kappa shape index (κ3) is 5.07. The summed E-state index contributed by atoms with van der Waals surface area (Å²) in [4.78, 5) is 14.4. The maximum Gasteiger partial charge on any atom is 0.0725 e. The van der Waals surface area contributed by atoms with E-state index in [1.165, 1.54) is 66.9 Å². The Labute approximate surface area is 251 Å². The number of H-pyrrole nitrogens is 1. The van der Waals surface area contributed by atoms with Crippen molar-refractivity contribution >= 4 is 56.3 Å². The first-order chi connectivity index (χ1) is 19.5. The molecule has 41 heavy (non-hydrogen) atoms. The van der Waals surface area contributed by atoms with Crippen LogP contribution in [0.5, 0.6) is 0 Å². The number of nitrogens with zero attached hydrogens (tertiary/aromatic N) is 3. The van der Waals surface area contributed by atoms with Gasteiger partial charge in [-0.25, -0.2) is 9.97 Å². The predicted molar refractivity (Wildman–Crippen MR) is 179 cm³/mol. The van der Waals surface area contributed by atoms with Crippen LogP contribution in [0.25, 0.3) is 45.4 Å². The average Bonchev–Trinajstić information content (AvgIpc) is 3.73. The van der Waals surface area contributed by atoms with Crippen LogP contribution >= 0.6 is 0 Å². The summed E-state index contributed by atoms with van der Waals surface area (Å²) in [7, 11) is 0.